The predicted molar refractivity (Wildman–Crippen MR) is 142 cm³/mol. The van der Waals surface area contributed by atoms with E-state index in [2.05, 4.69) is 55.8 Å². The number of fused-ring (bicyclic) bond motifs is 1. The smallest absolute Gasteiger partial charge is 0.191 e. The Bertz CT molecular complexity index is 1030. The Morgan fingerprint density at radius 1 is 1.06 bits per heavy atom. The van der Waals surface area contributed by atoms with Crippen LogP contribution < -0.4 is 15.4 Å². The number of halogens is 1. The van der Waals surface area contributed by atoms with E-state index in [0.29, 0.717) is 6.54 Å². The Kier molecular flexibility index (Phi) is 9.11. The molecule has 1 saturated heterocycles. The molecule has 2 aromatic carbocycles. The van der Waals surface area contributed by atoms with Crippen LogP contribution in [-0.4, -0.2) is 49.6 Å². The lowest BCUT2D eigenvalue weighted by Crippen LogP contribution is -2.42. The number of nitrogens with one attached hydrogen (secondary N) is 2. The van der Waals surface area contributed by atoms with Crippen LogP contribution in [0.25, 0.3) is 10.9 Å². The molecule has 2 N–H and O–H groups in total. The van der Waals surface area contributed by atoms with E-state index >= 15 is 0 Å². The lowest BCUT2D eigenvalue weighted by atomic mass is 10.0. The summed E-state index contributed by atoms with van der Waals surface area (Å²) in [6.45, 7) is 3.67. The van der Waals surface area contributed by atoms with E-state index in [-0.39, 0.29) is 30.0 Å². The summed E-state index contributed by atoms with van der Waals surface area (Å²) in [4.78, 5) is 11.4. The number of guanidine groups is 1. The van der Waals surface area contributed by atoms with Crippen LogP contribution in [0.15, 0.2) is 65.8 Å². The number of para-hydroxylation sites is 2. The van der Waals surface area contributed by atoms with E-state index in [0.717, 1.165) is 42.2 Å². The lowest BCUT2D eigenvalue weighted by Gasteiger charge is -2.30. The van der Waals surface area contributed by atoms with Gasteiger partial charge in [-0.25, -0.2) is 0 Å². The zero-order valence-electron chi connectivity index (χ0n) is 18.8. The number of aromatic nitrogens is 1. The number of hydrogen-bond acceptors (Lipinski definition) is 4. The zero-order chi connectivity index (χ0) is 21.5. The van der Waals surface area contributed by atoms with Crippen molar-refractivity contribution in [3.05, 3.63) is 71.9 Å². The average molecular weight is 545 g/mol. The minimum atomic E-state index is 0. The first-order valence-corrected chi connectivity index (χ1v) is 10.9. The third kappa shape index (κ3) is 5.69. The van der Waals surface area contributed by atoms with Gasteiger partial charge in [-0.1, -0.05) is 36.4 Å². The molecule has 0 amide bonds. The molecule has 1 unspecified atom stereocenters. The SMILES string of the molecule is CN=C(NCc1ccnc2ccccc12)NCC(c1ccccc1OC)N1CCCC1.I. The molecule has 170 valence electrons. The number of nitrogens with zero attached hydrogens (tertiary/aromatic N) is 3. The molecular weight excluding hydrogens is 513 g/mol. The highest BCUT2D eigenvalue weighted by Gasteiger charge is 2.26. The van der Waals surface area contributed by atoms with E-state index in [4.69, 9.17) is 4.74 Å². The topological polar surface area (TPSA) is 61.8 Å². The quantitative estimate of drug-likeness (QED) is 0.263. The van der Waals surface area contributed by atoms with Gasteiger partial charge in [0.2, 0.25) is 0 Å². The van der Waals surface area contributed by atoms with Gasteiger partial charge in [0.15, 0.2) is 5.96 Å². The molecule has 0 saturated carbocycles. The predicted octanol–water partition coefficient (Wildman–Crippen LogP) is 4.36. The van der Waals surface area contributed by atoms with Crippen LogP contribution in [0.1, 0.15) is 30.0 Å². The lowest BCUT2D eigenvalue weighted by molar-refractivity contribution is 0.239. The molecule has 32 heavy (non-hydrogen) atoms. The van der Waals surface area contributed by atoms with Gasteiger partial charge in [0.1, 0.15) is 5.75 Å². The van der Waals surface area contributed by atoms with Gasteiger partial charge in [0.05, 0.1) is 18.7 Å². The van der Waals surface area contributed by atoms with Crippen LogP contribution in [0.2, 0.25) is 0 Å². The fourth-order valence-corrected chi connectivity index (χ4v) is 4.33. The van der Waals surface area contributed by atoms with Crippen molar-refractivity contribution in [2.75, 3.05) is 33.8 Å². The number of hydrogen-bond donors (Lipinski definition) is 2. The van der Waals surface area contributed by atoms with Crippen LogP contribution in [0.4, 0.5) is 0 Å². The summed E-state index contributed by atoms with van der Waals surface area (Å²) < 4.78 is 5.66. The fraction of sp³-hybridized carbons (Fsp3) is 0.360. The molecule has 1 aliphatic rings. The Hall–Kier alpha value is -2.39. The van der Waals surface area contributed by atoms with Gasteiger partial charge >= 0.3 is 0 Å². The Labute approximate surface area is 207 Å². The highest BCUT2D eigenvalue weighted by molar-refractivity contribution is 14.0. The molecule has 1 aliphatic heterocycles. The van der Waals surface area contributed by atoms with Crippen molar-refractivity contribution >= 4 is 40.8 Å². The number of pyridine rings is 1. The van der Waals surface area contributed by atoms with Crippen molar-refractivity contribution < 1.29 is 4.74 Å². The normalized spacial score (nSPS) is 15.2. The summed E-state index contributed by atoms with van der Waals surface area (Å²) in [7, 11) is 3.56. The highest BCUT2D eigenvalue weighted by Crippen LogP contribution is 2.31. The van der Waals surface area contributed by atoms with Crippen LogP contribution >= 0.6 is 24.0 Å². The molecule has 0 bridgehead atoms. The van der Waals surface area contributed by atoms with Gasteiger partial charge in [-0.15, -0.1) is 24.0 Å². The number of methoxy groups -OCH3 is 1. The number of likely N-dealkylation sites (tertiary alicyclic amines) is 1. The van der Waals surface area contributed by atoms with Crippen LogP contribution in [0, 0.1) is 0 Å². The van der Waals surface area contributed by atoms with Crippen molar-refractivity contribution in [1.29, 1.82) is 0 Å². The first kappa shape index (κ1) is 24.3. The highest BCUT2D eigenvalue weighted by atomic mass is 127. The largest absolute Gasteiger partial charge is 0.496 e. The number of ether oxygens (including phenoxy) is 1. The number of rotatable bonds is 7. The minimum absolute atomic E-state index is 0. The number of benzene rings is 2. The van der Waals surface area contributed by atoms with Crippen molar-refractivity contribution in [2.45, 2.75) is 25.4 Å². The molecule has 7 heteroatoms. The minimum Gasteiger partial charge on any atom is -0.496 e. The Balaban J connectivity index is 0.00000289. The Morgan fingerprint density at radius 3 is 2.59 bits per heavy atom. The third-order valence-electron chi connectivity index (χ3n) is 5.95. The average Bonchev–Trinajstić information content (AvgIpc) is 3.36. The summed E-state index contributed by atoms with van der Waals surface area (Å²) in [5, 5.41) is 8.17. The van der Waals surface area contributed by atoms with Crippen molar-refractivity contribution in [2.24, 2.45) is 4.99 Å². The maximum absolute atomic E-state index is 5.66. The maximum Gasteiger partial charge on any atom is 0.191 e. The summed E-state index contributed by atoms with van der Waals surface area (Å²) in [5.41, 5.74) is 3.43. The molecule has 3 aromatic rings. The molecule has 0 spiro atoms. The van der Waals surface area contributed by atoms with Crippen molar-refractivity contribution in [3.8, 4) is 5.75 Å². The molecule has 0 radical (unpaired) electrons. The molecule has 1 aromatic heterocycles. The molecule has 1 fully saturated rings. The number of aliphatic imine (C=N–C) groups is 1. The molecule has 4 rings (SSSR count). The molecule has 6 nitrogen and oxygen atoms in total. The zero-order valence-corrected chi connectivity index (χ0v) is 21.1. The first-order chi connectivity index (χ1) is 15.3. The van der Waals surface area contributed by atoms with Gasteiger partial charge in [-0.05, 0) is 49.7 Å². The second-order valence-electron chi connectivity index (χ2n) is 7.79. The van der Waals surface area contributed by atoms with Gasteiger partial charge in [-0.3, -0.25) is 14.9 Å². The van der Waals surface area contributed by atoms with Crippen molar-refractivity contribution in [3.63, 3.8) is 0 Å². The van der Waals surface area contributed by atoms with Gasteiger partial charge in [0, 0.05) is 37.3 Å². The Morgan fingerprint density at radius 2 is 1.81 bits per heavy atom. The van der Waals surface area contributed by atoms with E-state index < -0.39 is 0 Å². The fourth-order valence-electron chi connectivity index (χ4n) is 4.33. The molecule has 0 aliphatic carbocycles. The second kappa shape index (κ2) is 12.0. The second-order valence-corrected chi connectivity index (χ2v) is 7.79. The van der Waals surface area contributed by atoms with Crippen LogP contribution in [-0.2, 0) is 6.54 Å². The van der Waals surface area contributed by atoms with Gasteiger partial charge in [-0.2, -0.15) is 0 Å². The molecular formula is C25H32IN5O. The summed E-state index contributed by atoms with van der Waals surface area (Å²) in [5.74, 6) is 1.73. The van der Waals surface area contributed by atoms with E-state index in [1.54, 1.807) is 7.11 Å². The van der Waals surface area contributed by atoms with Gasteiger partial charge < -0.3 is 15.4 Å². The summed E-state index contributed by atoms with van der Waals surface area (Å²) in [6, 6.07) is 18.8. The van der Waals surface area contributed by atoms with E-state index in [1.807, 2.05) is 37.5 Å². The molecule has 2 heterocycles. The van der Waals surface area contributed by atoms with Crippen LogP contribution in [0.3, 0.4) is 0 Å². The van der Waals surface area contributed by atoms with E-state index in [1.165, 1.54) is 24.0 Å². The van der Waals surface area contributed by atoms with Crippen LogP contribution in [0.5, 0.6) is 5.75 Å². The molecule has 1 atom stereocenters. The first-order valence-electron chi connectivity index (χ1n) is 10.9. The monoisotopic (exact) mass is 545 g/mol. The standard InChI is InChI=1S/C25H31N5O.HI/c1-26-25(28-17-19-13-14-27-22-11-5-3-9-20(19)22)29-18-23(30-15-7-8-16-30)21-10-4-6-12-24(21)31-2;/h3-6,9-14,23H,7-8,15-18H2,1-2H3,(H2,26,28,29);1H. The maximum atomic E-state index is 5.66. The van der Waals surface area contributed by atoms with Gasteiger partial charge in [0.25, 0.3) is 0 Å². The summed E-state index contributed by atoms with van der Waals surface area (Å²) in [6.07, 6.45) is 4.35. The van der Waals surface area contributed by atoms with E-state index in [9.17, 15) is 0 Å². The third-order valence-corrected chi connectivity index (χ3v) is 5.95. The van der Waals surface area contributed by atoms with Crippen molar-refractivity contribution in [1.82, 2.24) is 20.5 Å². The summed E-state index contributed by atoms with van der Waals surface area (Å²) >= 11 is 0.